The minimum atomic E-state index is -0.173. The number of carbonyl (C=O) groups is 1. The molecule has 1 amide bonds. The monoisotopic (exact) mass is 299 g/mol. The zero-order chi connectivity index (χ0) is 14.4. The van der Waals surface area contributed by atoms with E-state index in [0.29, 0.717) is 5.56 Å². The second kappa shape index (κ2) is 4.73. The molecule has 1 aromatic heterocycles. The number of nitrogens with one attached hydrogen (secondary N) is 1. The number of pyridine rings is 1. The van der Waals surface area contributed by atoms with Crippen molar-refractivity contribution in [2.24, 2.45) is 0 Å². The highest BCUT2D eigenvalue weighted by Gasteiger charge is 2.46. The first-order chi connectivity index (χ1) is 10.3. The van der Waals surface area contributed by atoms with Crippen LogP contribution >= 0.6 is 11.8 Å². The largest absolute Gasteiger partial charge is 0.459 e. The average Bonchev–Trinajstić information content (AvgIpc) is 3.06. The van der Waals surface area contributed by atoms with Crippen molar-refractivity contribution >= 4 is 34.6 Å². The van der Waals surface area contributed by atoms with Crippen LogP contribution in [0.4, 0.5) is 0 Å². The number of nitrogens with zero attached hydrogens (tertiary/aromatic N) is 2. The molecule has 0 unspecified atom stereocenters. The first kappa shape index (κ1) is 12.6. The summed E-state index contributed by atoms with van der Waals surface area (Å²) in [5.41, 5.74) is 1.36. The van der Waals surface area contributed by atoms with Crippen LogP contribution in [0.5, 0.6) is 0 Å². The summed E-state index contributed by atoms with van der Waals surface area (Å²) >= 11 is 1.76. The van der Waals surface area contributed by atoms with E-state index in [1.807, 2.05) is 24.3 Å². The topological polar surface area (TPSA) is 66.3 Å². The molecule has 2 aliphatic heterocycles. The standard InChI is InChI=1S/C15H13N3O2S/c16-15-18(12-7-21-8-13(12)20-15)14(19)10-3-1-5-11-9(10)4-2-6-17-11/h1-6,12-13,16H,7-8H2/t12-,13-/m0/s1. The molecule has 1 aromatic carbocycles. The number of carbonyl (C=O) groups excluding carboxylic acids is 1. The van der Waals surface area contributed by atoms with Crippen molar-refractivity contribution in [3.8, 4) is 0 Å². The molecule has 106 valence electrons. The highest BCUT2D eigenvalue weighted by molar-refractivity contribution is 7.99. The van der Waals surface area contributed by atoms with Crippen molar-refractivity contribution in [1.82, 2.24) is 9.88 Å². The number of benzene rings is 1. The highest BCUT2D eigenvalue weighted by atomic mass is 32.2. The van der Waals surface area contributed by atoms with Crippen LogP contribution in [0.2, 0.25) is 0 Å². The molecule has 3 heterocycles. The van der Waals surface area contributed by atoms with Gasteiger partial charge in [-0.2, -0.15) is 11.8 Å². The zero-order valence-corrected chi connectivity index (χ0v) is 12.0. The van der Waals surface area contributed by atoms with Crippen molar-refractivity contribution in [3.05, 3.63) is 42.1 Å². The van der Waals surface area contributed by atoms with E-state index < -0.39 is 0 Å². The van der Waals surface area contributed by atoms with Crippen LogP contribution in [0, 0.1) is 5.41 Å². The summed E-state index contributed by atoms with van der Waals surface area (Å²) in [6.45, 7) is 0. The Bertz CT molecular complexity index is 743. The van der Waals surface area contributed by atoms with Crippen molar-refractivity contribution in [3.63, 3.8) is 0 Å². The van der Waals surface area contributed by atoms with Crippen molar-refractivity contribution < 1.29 is 9.53 Å². The molecule has 1 N–H and O–H groups in total. The summed E-state index contributed by atoms with van der Waals surface area (Å²) in [5, 5.41) is 8.76. The minimum Gasteiger partial charge on any atom is -0.459 e. The molecule has 0 spiro atoms. The fraction of sp³-hybridized carbons (Fsp3) is 0.267. The quantitative estimate of drug-likeness (QED) is 0.876. The number of aromatic nitrogens is 1. The fourth-order valence-electron chi connectivity index (χ4n) is 2.89. The van der Waals surface area contributed by atoms with E-state index in [4.69, 9.17) is 10.1 Å². The first-order valence-electron chi connectivity index (χ1n) is 6.76. The average molecular weight is 299 g/mol. The van der Waals surface area contributed by atoms with Gasteiger partial charge in [-0.15, -0.1) is 0 Å². The predicted octanol–water partition coefficient (Wildman–Crippen LogP) is 2.13. The van der Waals surface area contributed by atoms with Gasteiger partial charge in [-0.3, -0.25) is 20.1 Å². The van der Waals surface area contributed by atoms with Crippen LogP contribution < -0.4 is 0 Å². The van der Waals surface area contributed by atoms with Gasteiger partial charge in [0.25, 0.3) is 11.9 Å². The Kier molecular flexibility index (Phi) is 2.85. The van der Waals surface area contributed by atoms with E-state index in [-0.39, 0.29) is 24.1 Å². The number of amidine groups is 1. The molecule has 2 fully saturated rings. The van der Waals surface area contributed by atoms with Crippen molar-refractivity contribution in [2.75, 3.05) is 11.5 Å². The lowest BCUT2D eigenvalue weighted by molar-refractivity contribution is 0.0825. The van der Waals surface area contributed by atoms with Crippen LogP contribution in [-0.4, -0.2) is 45.5 Å². The third kappa shape index (κ3) is 1.90. The van der Waals surface area contributed by atoms with Crippen LogP contribution in [0.3, 0.4) is 0 Å². The van der Waals surface area contributed by atoms with Gasteiger partial charge >= 0.3 is 0 Å². The summed E-state index contributed by atoms with van der Waals surface area (Å²) in [4.78, 5) is 18.7. The van der Waals surface area contributed by atoms with Gasteiger partial charge in [-0.1, -0.05) is 12.1 Å². The molecular formula is C15H13N3O2S. The Morgan fingerprint density at radius 2 is 2.24 bits per heavy atom. The zero-order valence-electron chi connectivity index (χ0n) is 11.2. The Balaban J connectivity index is 1.78. The third-order valence-corrected chi connectivity index (χ3v) is 5.05. The van der Waals surface area contributed by atoms with E-state index >= 15 is 0 Å². The normalized spacial score (nSPS) is 24.2. The maximum absolute atomic E-state index is 12.9. The maximum Gasteiger partial charge on any atom is 0.292 e. The van der Waals surface area contributed by atoms with Gasteiger partial charge in [0.05, 0.1) is 11.6 Å². The van der Waals surface area contributed by atoms with Crippen molar-refractivity contribution in [1.29, 1.82) is 5.41 Å². The molecule has 2 saturated heterocycles. The van der Waals surface area contributed by atoms with Gasteiger partial charge in [0.1, 0.15) is 6.10 Å². The molecule has 5 nitrogen and oxygen atoms in total. The van der Waals surface area contributed by atoms with E-state index in [1.54, 1.807) is 24.0 Å². The number of ether oxygens (including phenoxy) is 1. The predicted molar refractivity (Wildman–Crippen MR) is 81.6 cm³/mol. The summed E-state index contributed by atoms with van der Waals surface area (Å²) in [6, 6.07) is 9.14. The lowest BCUT2D eigenvalue weighted by atomic mass is 10.1. The van der Waals surface area contributed by atoms with Gasteiger partial charge in [0, 0.05) is 28.7 Å². The molecule has 2 atom stereocenters. The van der Waals surface area contributed by atoms with Crippen LogP contribution in [0.15, 0.2) is 36.5 Å². The van der Waals surface area contributed by atoms with E-state index in [1.165, 1.54) is 4.90 Å². The Morgan fingerprint density at radius 1 is 1.33 bits per heavy atom. The molecule has 0 radical (unpaired) electrons. The molecule has 0 aliphatic carbocycles. The van der Waals surface area contributed by atoms with Crippen LogP contribution in [-0.2, 0) is 4.74 Å². The maximum atomic E-state index is 12.9. The summed E-state index contributed by atoms with van der Waals surface area (Å²) in [7, 11) is 0. The molecule has 2 aliphatic rings. The third-order valence-electron chi connectivity index (χ3n) is 3.91. The molecule has 0 saturated carbocycles. The molecule has 0 bridgehead atoms. The smallest absolute Gasteiger partial charge is 0.292 e. The van der Waals surface area contributed by atoms with E-state index in [2.05, 4.69) is 4.98 Å². The van der Waals surface area contributed by atoms with Gasteiger partial charge in [-0.25, -0.2) is 0 Å². The van der Waals surface area contributed by atoms with Crippen LogP contribution in [0.1, 0.15) is 10.4 Å². The van der Waals surface area contributed by atoms with Gasteiger partial charge in [0.15, 0.2) is 0 Å². The summed E-state index contributed by atoms with van der Waals surface area (Å²) < 4.78 is 5.50. The van der Waals surface area contributed by atoms with Gasteiger partial charge in [-0.05, 0) is 18.2 Å². The van der Waals surface area contributed by atoms with Gasteiger partial charge in [0.2, 0.25) is 0 Å². The fourth-order valence-corrected chi connectivity index (χ4v) is 4.15. The Hall–Kier alpha value is -2.08. The number of hydrogen-bond donors (Lipinski definition) is 1. The molecule has 4 rings (SSSR count). The number of hydrogen-bond acceptors (Lipinski definition) is 5. The summed E-state index contributed by atoms with van der Waals surface area (Å²) in [5.74, 6) is 1.49. The number of fused-ring (bicyclic) bond motifs is 2. The molecular weight excluding hydrogens is 286 g/mol. The van der Waals surface area contributed by atoms with Crippen molar-refractivity contribution in [2.45, 2.75) is 12.1 Å². The number of thioether (sulfide) groups is 1. The number of rotatable bonds is 1. The Morgan fingerprint density at radius 3 is 3.14 bits per heavy atom. The SMILES string of the molecule is N=C1O[C@H]2CSC[C@@H]2N1C(=O)c1cccc2ncccc12. The second-order valence-electron chi connectivity index (χ2n) is 5.12. The lowest BCUT2D eigenvalue weighted by Crippen LogP contribution is -2.41. The highest BCUT2D eigenvalue weighted by Crippen LogP contribution is 2.33. The first-order valence-corrected chi connectivity index (χ1v) is 7.91. The summed E-state index contributed by atoms with van der Waals surface area (Å²) in [6.07, 6.45) is 1.67. The number of amides is 1. The lowest BCUT2D eigenvalue weighted by Gasteiger charge is -2.20. The second-order valence-corrected chi connectivity index (χ2v) is 6.19. The van der Waals surface area contributed by atoms with Gasteiger partial charge < -0.3 is 4.74 Å². The van der Waals surface area contributed by atoms with E-state index in [0.717, 1.165) is 22.4 Å². The minimum absolute atomic E-state index is 0.0260. The molecule has 2 aromatic rings. The molecule has 21 heavy (non-hydrogen) atoms. The molecule has 6 heteroatoms. The Labute approximate surface area is 125 Å². The van der Waals surface area contributed by atoms with E-state index in [9.17, 15) is 4.79 Å². The van der Waals surface area contributed by atoms with Crippen LogP contribution in [0.25, 0.3) is 10.9 Å².